The summed E-state index contributed by atoms with van der Waals surface area (Å²) < 4.78 is 44.8. The Morgan fingerprint density at radius 3 is 2.26 bits per heavy atom. The van der Waals surface area contributed by atoms with Gasteiger partial charge in [-0.25, -0.2) is 4.79 Å². The summed E-state index contributed by atoms with van der Waals surface area (Å²) in [5.41, 5.74) is -1.17. The summed E-state index contributed by atoms with van der Waals surface area (Å²) in [5, 5.41) is 91.8. The van der Waals surface area contributed by atoms with Gasteiger partial charge in [0.15, 0.2) is 24.1 Å². The Balaban J connectivity index is 1.14. The van der Waals surface area contributed by atoms with Crippen LogP contribution in [0.15, 0.2) is 30.5 Å². The fourth-order valence-corrected chi connectivity index (χ4v) is 6.67. The molecular weight excluding hydrogens is 636 g/mol. The monoisotopic (exact) mass is 674 g/mol. The second kappa shape index (κ2) is 13.3. The van der Waals surface area contributed by atoms with Crippen molar-refractivity contribution in [1.29, 1.82) is 0 Å². The molecule has 16 atom stereocenters. The summed E-state index contributed by atoms with van der Waals surface area (Å²) in [5.74, 6) is -2.28. The number of epoxide rings is 1. The van der Waals surface area contributed by atoms with Crippen molar-refractivity contribution < 1.29 is 88.6 Å². The third-order valence-electron chi connectivity index (χ3n) is 9.35. The molecule has 0 bridgehead atoms. The summed E-state index contributed by atoms with van der Waals surface area (Å²) in [4.78, 5) is 13.1. The number of aliphatic hydroxyl groups excluding tert-OH is 8. The number of phenols is 1. The molecule has 0 radical (unpaired) electrons. The van der Waals surface area contributed by atoms with E-state index in [1.807, 2.05) is 0 Å². The molecule has 4 fully saturated rings. The maximum Gasteiger partial charge on any atom is 0.338 e. The zero-order chi connectivity index (χ0) is 33.8. The highest BCUT2D eigenvalue weighted by molar-refractivity contribution is 5.90. The lowest BCUT2D eigenvalue weighted by Crippen LogP contribution is -2.62. The summed E-state index contributed by atoms with van der Waals surface area (Å²) in [6, 6.07) is 3.94. The Morgan fingerprint density at radius 2 is 1.57 bits per heavy atom. The van der Waals surface area contributed by atoms with Crippen LogP contribution in [0, 0.1) is 11.8 Å². The number of aromatic hydroxyl groups is 1. The number of carbonyl (C=O) groups is 1. The molecule has 18 nitrogen and oxygen atoms in total. The van der Waals surface area contributed by atoms with E-state index < -0.39 is 123 Å². The Hall–Kier alpha value is -2.69. The van der Waals surface area contributed by atoms with E-state index in [0.29, 0.717) is 0 Å². The third-order valence-corrected chi connectivity index (χ3v) is 9.35. The number of ether oxygens (including phenoxy) is 8. The Bertz CT molecular complexity index is 1310. The van der Waals surface area contributed by atoms with E-state index in [1.165, 1.54) is 31.6 Å². The number of esters is 1. The van der Waals surface area contributed by atoms with E-state index in [9.17, 15) is 50.8 Å². The van der Waals surface area contributed by atoms with Gasteiger partial charge < -0.3 is 83.9 Å². The van der Waals surface area contributed by atoms with Crippen molar-refractivity contribution in [2.45, 2.75) is 85.5 Å². The van der Waals surface area contributed by atoms with E-state index in [0.717, 1.165) is 0 Å². The number of fused-ring (bicyclic) bond motifs is 3. The quantitative estimate of drug-likeness (QED) is 0.0841. The van der Waals surface area contributed by atoms with Crippen molar-refractivity contribution >= 4 is 5.97 Å². The average molecular weight is 675 g/mol. The van der Waals surface area contributed by atoms with Gasteiger partial charge in [-0.1, -0.05) is 0 Å². The van der Waals surface area contributed by atoms with Gasteiger partial charge in [0.1, 0.15) is 66.6 Å². The smallest absolute Gasteiger partial charge is 0.338 e. The molecule has 18 heteroatoms. The standard InChI is InChI=1S/C29H38O18/c1-40-13-6-10(2-3-12(13)32)25(39)45-23-11-4-5-41-26(16(11)29(9-31)24(23)47-29)46-28-22(38)20(36)18(34)15(44-28)8-42-27-21(37)19(35)17(33)14(7-30)43-27/h2-6,11,14-24,26-28,30-38H,7-9H2,1H3/t11-,14-,15-,16-,17-,18-,19+,20+,21-,22-,23?,24+,26+,27-,28+,29-/m1/s1. The van der Waals surface area contributed by atoms with Crippen LogP contribution in [0.1, 0.15) is 10.4 Å². The van der Waals surface area contributed by atoms with Crippen LogP contribution in [0.25, 0.3) is 0 Å². The fraction of sp³-hybridized carbons (Fsp3) is 0.690. The summed E-state index contributed by atoms with van der Waals surface area (Å²) in [7, 11) is 1.33. The molecule has 1 aliphatic carbocycles. The molecule has 6 rings (SSSR count). The maximum atomic E-state index is 13.1. The average Bonchev–Trinajstić information content (AvgIpc) is 3.75. The number of hydrogen-bond donors (Lipinski definition) is 9. The zero-order valence-electron chi connectivity index (χ0n) is 24.9. The molecule has 1 aromatic carbocycles. The van der Waals surface area contributed by atoms with E-state index >= 15 is 0 Å². The van der Waals surface area contributed by atoms with E-state index in [2.05, 4.69) is 0 Å². The first kappa shape index (κ1) is 34.2. The summed E-state index contributed by atoms with van der Waals surface area (Å²) in [6.07, 6.45) is -16.3. The van der Waals surface area contributed by atoms with Gasteiger partial charge in [0, 0.05) is 5.92 Å². The van der Waals surface area contributed by atoms with Gasteiger partial charge in [-0.05, 0) is 24.3 Å². The molecule has 47 heavy (non-hydrogen) atoms. The van der Waals surface area contributed by atoms with Gasteiger partial charge in [0.2, 0.25) is 6.29 Å². The van der Waals surface area contributed by atoms with Crippen molar-refractivity contribution in [2.75, 3.05) is 26.9 Å². The molecular formula is C29H38O18. The van der Waals surface area contributed by atoms with E-state index in [4.69, 9.17) is 37.9 Å². The second-order valence-electron chi connectivity index (χ2n) is 12.0. The van der Waals surface area contributed by atoms with Crippen LogP contribution in [0.2, 0.25) is 0 Å². The van der Waals surface area contributed by atoms with Crippen LogP contribution < -0.4 is 4.74 Å². The third kappa shape index (κ3) is 5.97. The van der Waals surface area contributed by atoms with Crippen LogP contribution in [-0.4, -0.2) is 164 Å². The van der Waals surface area contributed by atoms with Gasteiger partial charge in [-0.15, -0.1) is 0 Å². The van der Waals surface area contributed by atoms with Crippen LogP contribution in [0.4, 0.5) is 0 Å². The normalized spacial score (nSPS) is 45.4. The first-order chi connectivity index (χ1) is 22.4. The predicted molar refractivity (Wildman–Crippen MR) is 147 cm³/mol. The minimum atomic E-state index is -1.82. The van der Waals surface area contributed by atoms with Crippen LogP contribution >= 0.6 is 0 Å². The Labute approximate surface area is 266 Å². The molecule has 262 valence electrons. The summed E-state index contributed by atoms with van der Waals surface area (Å²) >= 11 is 0. The second-order valence-corrected chi connectivity index (χ2v) is 12.0. The highest BCUT2D eigenvalue weighted by atomic mass is 16.8. The largest absolute Gasteiger partial charge is 0.504 e. The SMILES string of the molecule is COc1cc(C(=O)OC2[C@@H]3C=CO[C@@H](O[C@@H]4O[C@H](CO[C@@H]5O[C@H](CO)[C@@H](O)[C@H](O)[C@H]5O)[C@@H](O)[C@H](O)[C@H]4O)[C@@H]3[C@@]3(CO)O[C@@H]23)ccc1O. The molecule has 3 saturated heterocycles. The first-order valence-electron chi connectivity index (χ1n) is 14.9. The van der Waals surface area contributed by atoms with Crippen LogP contribution in [0.5, 0.6) is 11.5 Å². The lowest BCUT2D eigenvalue weighted by molar-refractivity contribution is -0.355. The molecule has 1 saturated carbocycles. The molecule has 0 aromatic heterocycles. The maximum absolute atomic E-state index is 13.1. The predicted octanol–water partition coefficient (Wildman–Crippen LogP) is -4.19. The van der Waals surface area contributed by atoms with Crippen molar-refractivity contribution in [2.24, 2.45) is 11.8 Å². The lowest BCUT2D eigenvalue weighted by atomic mass is 9.85. The number of phenolic OH excluding ortho intramolecular Hbond substituents is 1. The highest BCUT2D eigenvalue weighted by Gasteiger charge is 2.77. The number of methoxy groups -OCH3 is 1. The molecule has 0 spiro atoms. The van der Waals surface area contributed by atoms with Crippen LogP contribution in [-0.2, 0) is 33.2 Å². The van der Waals surface area contributed by atoms with Gasteiger partial charge in [0.25, 0.3) is 0 Å². The van der Waals surface area contributed by atoms with E-state index in [-0.39, 0.29) is 17.1 Å². The van der Waals surface area contributed by atoms with Crippen molar-refractivity contribution in [3.63, 3.8) is 0 Å². The molecule has 4 aliphatic heterocycles. The van der Waals surface area contributed by atoms with Crippen LogP contribution in [0.3, 0.4) is 0 Å². The van der Waals surface area contributed by atoms with Gasteiger partial charge in [0.05, 0.1) is 44.7 Å². The van der Waals surface area contributed by atoms with Gasteiger partial charge in [-0.3, -0.25) is 0 Å². The Morgan fingerprint density at radius 1 is 0.894 bits per heavy atom. The molecule has 1 aromatic rings. The molecule has 1 unspecified atom stereocenters. The zero-order valence-corrected chi connectivity index (χ0v) is 24.9. The number of hydrogen-bond acceptors (Lipinski definition) is 18. The number of benzene rings is 1. The van der Waals surface area contributed by atoms with Crippen molar-refractivity contribution in [1.82, 2.24) is 0 Å². The molecule has 0 amide bonds. The lowest BCUT2D eigenvalue weighted by Gasteiger charge is -2.44. The van der Waals surface area contributed by atoms with Crippen molar-refractivity contribution in [3.05, 3.63) is 36.1 Å². The number of rotatable bonds is 10. The summed E-state index contributed by atoms with van der Waals surface area (Å²) in [6.45, 7) is -1.78. The van der Waals surface area contributed by atoms with Gasteiger partial charge >= 0.3 is 5.97 Å². The molecule has 5 aliphatic rings. The molecule has 9 N–H and O–H groups in total. The van der Waals surface area contributed by atoms with Gasteiger partial charge in [-0.2, -0.15) is 0 Å². The van der Waals surface area contributed by atoms with Crippen molar-refractivity contribution in [3.8, 4) is 11.5 Å². The minimum Gasteiger partial charge on any atom is -0.504 e. The first-order valence-corrected chi connectivity index (χ1v) is 14.9. The Kier molecular flexibility index (Phi) is 9.68. The highest BCUT2D eigenvalue weighted by Crippen LogP contribution is 2.60. The fourth-order valence-electron chi connectivity index (χ4n) is 6.67. The number of carbonyl (C=O) groups excluding carboxylic acids is 1. The van der Waals surface area contributed by atoms with E-state index in [1.54, 1.807) is 6.08 Å². The number of aliphatic hydroxyl groups is 8. The minimum absolute atomic E-state index is 0.0609. The topological polar surface area (TPSA) is 276 Å². The molecule has 4 heterocycles.